The summed E-state index contributed by atoms with van der Waals surface area (Å²) < 4.78 is 14.6. The van der Waals surface area contributed by atoms with E-state index < -0.39 is 0 Å². The summed E-state index contributed by atoms with van der Waals surface area (Å²) in [5.41, 5.74) is 1.42. The van der Waals surface area contributed by atoms with Gasteiger partial charge in [-0.3, -0.25) is 4.90 Å². The van der Waals surface area contributed by atoms with E-state index in [9.17, 15) is 4.39 Å². The summed E-state index contributed by atoms with van der Waals surface area (Å²) in [7, 11) is 2.22. The average Bonchev–Trinajstić information content (AvgIpc) is 2.89. The summed E-state index contributed by atoms with van der Waals surface area (Å²) in [5, 5.41) is 1.03. The molecule has 2 aromatic rings. The van der Waals surface area contributed by atoms with Crippen LogP contribution in [0.4, 0.5) is 4.39 Å². The van der Waals surface area contributed by atoms with Crippen LogP contribution in [0.5, 0.6) is 0 Å². The van der Waals surface area contributed by atoms with Crippen molar-refractivity contribution >= 4 is 27.0 Å². The van der Waals surface area contributed by atoms with Gasteiger partial charge in [0.2, 0.25) is 0 Å². The Morgan fingerprint density at radius 3 is 3.00 bits per heavy atom. The van der Waals surface area contributed by atoms with E-state index in [1.165, 1.54) is 23.3 Å². The van der Waals surface area contributed by atoms with Gasteiger partial charge in [-0.2, -0.15) is 0 Å². The molecule has 2 aliphatic rings. The number of rotatable bonds is 1. The first-order valence-electron chi connectivity index (χ1n) is 6.83. The molecule has 2 unspecified atom stereocenters. The highest BCUT2D eigenvalue weighted by atomic mass is 32.1. The molecule has 1 aromatic carbocycles. The van der Waals surface area contributed by atoms with Crippen molar-refractivity contribution in [2.45, 2.75) is 31.3 Å². The molecule has 98 valence electrons. The highest BCUT2D eigenvalue weighted by Gasteiger charge is 2.34. The van der Waals surface area contributed by atoms with Gasteiger partial charge in [-0.1, -0.05) is 18.2 Å². The van der Waals surface area contributed by atoms with E-state index in [1.807, 2.05) is 6.07 Å². The summed E-state index contributed by atoms with van der Waals surface area (Å²) in [5.74, 6) is -0.0924. The van der Waals surface area contributed by atoms with E-state index in [-0.39, 0.29) is 5.82 Å². The molecule has 0 aliphatic carbocycles. The molecule has 1 saturated heterocycles. The normalized spacial score (nSPS) is 26.9. The third-order valence-electron chi connectivity index (χ3n) is 4.56. The van der Waals surface area contributed by atoms with Crippen LogP contribution in [0.1, 0.15) is 24.1 Å². The number of fused-ring (bicyclic) bond motifs is 3. The van der Waals surface area contributed by atoms with Crippen molar-refractivity contribution in [1.29, 1.82) is 0 Å². The maximum atomic E-state index is 13.8. The Labute approximate surface area is 116 Å². The van der Waals surface area contributed by atoms with Crippen LogP contribution in [0, 0.1) is 5.82 Å². The van der Waals surface area contributed by atoms with Crippen molar-refractivity contribution in [2.75, 3.05) is 7.05 Å². The molecule has 3 heterocycles. The number of thiophene rings is 1. The second-order valence-corrected chi connectivity index (χ2v) is 6.68. The van der Waals surface area contributed by atoms with E-state index in [1.54, 1.807) is 23.5 Å². The number of hydrogen-bond donors (Lipinski definition) is 0. The summed E-state index contributed by atoms with van der Waals surface area (Å²) in [6.07, 6.45) is 6.07. The first-order valence-corrected chi connectivity index (χ1v) is 7.65. The second kappa shape index (κ2) is 4.15. The van der Waals surface area contributed by atoms with E-state index in [0.29, 0.717) is 12.1 Å². The maximum absolute atomic E-state index is 13.8. The van der Waals surface area contributed by atoms with Gasteiger partial charge < -0.3 is 0 Å². The highest BCUT2D eigenvalue weighted by Crippen LogP contribution is 2.41. The third-order valence-corrected chi connectivity index (χ3v) is 5.79. The monoisotopic (exact) mass is 273 g/mol. The highest BCUT2D eigenvalue weighted by molar-refractivity contribution is 7.20. The molecule has 2 atom stereocenters. The lowest BCUT2D eigenvalue weighted by Gasteiger charge is -2.29. The maximum Gasteiger partial charge on any atom is 0.141 e. The van der Waals surface area contributed by atoms with Crippen LogP contribution in [-0.2, 0) is 0 Å². The van der Waals surface area contributed by atoms with Crippen LogP contribution in [0.25, 0.3) is 15.7 Å². The SMILES string of the molecule is CN1C2C=C(c3cc4cccc(F)c4s3)CC1CC2. The number of halogens is 1. The number of benzene rings is 1. The molecule has 0 N–H and O–H groups in total. The van der Waals surface area contributed by atoms with Gasteiger partial charge in [0.25, 0.3) is 0 Å². The third kappa shape index (κ3) is 1.76. The zero-order valence-corrected chi connectivity index (χ0v) is 11.7. The van der Waals surface area contributed by atoms with Gasteiger partial charge in [0.15, 0.2) is 0 Å². The minimum Gasteiger partial charge on any atom is -0.297 e. The Kier molecular flexibility index (Phi) is 2.54. The quantitative estimate of drug-likeness (QED) is 0.749. The van der Waals surface area contributed by atoms with Gasteiger partial charge in [0, 0.05) is 17.0 Å². The fourth-order valence-electron chi connectivity index (χ4n) is 3.41. The van der Waals surface area contributed by atoms with E-state index in [4.69, 9.17) is 0 Å². The molecule has 0 spiro atoms. The first-order chi connectivity index (χ1) is 9.22. The molecule has 4 rings (SSSR count). The van der Waals surface area contributed by atoms with Crippen LogP contribution in [-0.4, -0.2) is 24.0 Å². The number of nitrogens with zero attached hydrogens (tertiary/aromatic N) is 1. The summed E-state index contributed by atoms with van der Waals surface area (Å²) in [6, 6.07) is 8.77. The predicted octanol–water partition coefficient (Wildman–Crippen LogP) is 4.29. The fourth-order valence-corrected chi connectivity index (χ4v) is 4.51. The van der Waals surface area contributed by atoms with E-state index >= 15 is 0 Å². The van der Waals surface area contributed by atoms with Crippen LogP contribution < -0.4 is 0 Å². The van der Waals surface area contributed by atoms with Gasteiger partial charge in [0.05, 0.1) is 4.70 Å². The van der Waals surface area contributed by atoms with Crippen LogP contribution in [0.3, 0.4) is 0 Å². The van der Waals surface area contributed by atoms with Crippen molar-refractivity contribution < 1.29 is 4.39 Å². The molecular formula is C16H16FNS. The Hall–Kier alpha value is -1.19. The fraction of sp³-hybridized carbons (Fsp3) is 0.375. The average molecular weight is 273 g/mol. The lowest BCUT2D eigenvalue weighted by Crippen LogP contribution is -2.34. The summed E-state index contributed by atoms with van der Waals surface area (Å²) >= 11 is 1.60. The number of hydrogen-bond acceptors (Lipinski definition) is 2. The molecule has 3 heteroatoms. The Bertz CT molecular complexity index is 672. The lowest BCUT2D eigenvalue weighted by molar-refractivity contribution is 0.264. The van der Waals surface area contributed by atoms with Crippen LogP contribution in [0.15, 0.2) is 30.3 Å². The van der Waals surface area contributed by atoms with Crippen molar-refractivity contribution in [2.24, 2.45) is 0 Å². The van der Waals surface area contributed by atoms with Gasteiger partial charge in [-0.15, -0.1) is 11.3 Å². The summed E-state index contributed by atoms with van der Waals surface area (Å²) in [4.78, 5) is 3.74. The van der Waals surface area contributed by atoms with Gasteiger partial charge in [-0.05, 0) is 49.4 Å². The van der Waals surface area contributed by atoms with Gasteiger partial charge in [-0.25, -0.2) is 4.39 Å². The predicted molar refractivity (Wildman–Crippen MR) is 79.0 cm³/mol. The largest absolute Gasteiger partial charge is 0.297 e. The Morgan fingerprint density at radius 1 is 1.32 bits per heavy atom. The zero-order valence-electron chi connectivity index (χ0n) is 10.9. The molecular weight excluding hydrogens is 257 g/mol. The molecule has 0 radical (unpaired) electrons. The van der Waals surface area contributed by atoms with Crippen molar-refractivity contribution in [3.05, 3.63) is 41.0 Å². The topological polar surface area (TPSA) is 3.24 Å². The van der Waals surface area contributed by atoms with Crippen molar-refractivity contribution in [1.82, 2.24) is 4.90 Å². The lowest BCUT2D eigenvalue weighted by atomic mass is 10.0. The standard InChI is InChI=1S/C16H16FNS/c1-18-12-5-6-13(18)8-11(7-12)15-9-10-3-2-4-14(17)16(10)19-15/h2-4,7,9,12-13H,5-6,8H2,1H3. The number of likely N-dealkylation sites (N-methyl/N-ethyl adjacent to an activating group) is 1. The minimum atomic E-state index is -0.0924. The minimum absolute atomic E-state index is 0.0924. The summed E-state index contributed by atoms with van der Waals surface area (Å²) in [6.45, 7) is 0. The molecule has 0 saturated carbocycles. The Balaban J connectivity index is 1.79. The molecule has 1 nitrogen and oxygen atoms in total. The Morgan fingerprint density at radius 2 is 2.21 bits per heavy atom. The molecule has 1 fully saturated rings. The second-order valence-electron chi connectivity index (χ2n) is 5.63. The van der Waals surface area contributed by atoms with Crippen molar-refractivity contribution in [3.63, 3.8) is 0 Å². The molecule has 19 heavy (non-hydrogen) atoms. The van der Waals surface area contributed by atoms with E-state index in [2.05, 4.69) is 24.1 Å². The van der Waals surface area contributed by atoms with Gasteiger partial charge in [0.1, 0.15) is 5.82 Å². The van der Waals surface area contributed by atoms with Crippen LogP contribution in [0.2, 0.25) is 0 Å². The molecule has 1 aromatic heterocycles. The first kappa shape index (κ1) is 11.6. The van der Waals surface area contributed by atoms with Crippen molar-refractivity contribution in [3.8, 4) is 0 Å². The molecule has 2 bridgehead atoms. The van der Waals surface area contributed by atoms with Crippen LogP contribution >= 0.6 is 11.3 Å². The zero-order chi connectivity index (χ0) is 13.0. The molecule has 0 amide bonds. The van der Waals surface area contributed by atoms with Gasteiger partial charge >= 0.3 is 0 Å². The molecule has 2 aliphatic heterocycles. The van der Waals surface area contributed by atoms with E-state index in [0.717, 1.165) is 16.5 Å². The smallest absolute Gasteiger partial charge is 0.141 e.